The van der Waals surface area contributed by atoms with E-state index in [0.29, 0.717) is 82.9 Å². The minimum Gasteiger partial charge on any atom is -0.452 e. The molecule has 0 radical (unpaired) electrons. The van der Waals surface area contributed by atoms with Crippen LogP contribution in [0, 0.1) is 5.82 Å². The quantitative estimate of drug-likeness (QED) is 0.0406. The second kappa shape index (κ2) is 34.9. The fraction of sp³-hybridized carbons (Fsp3) is 0.385. The van der Waals surface area contributed by atoms with Crippen LogP contribution in [0.1, 0.15) is 108 Å². The maximum atomic E-state index is 13.9. The molecule has 30 heteroatoms. The van der Waals surface area contributed by atoms with Crippen molar-refractivity contribution in [2.24, 2.45) is 0 Å². The van der Waals surface area contributed by atoms with Gasteiger partial charge in [-0.1, -0.05) is 58.0 Å². The van der Waals surface area contributed by atoms with E-state index in [1.54, 1.807) is 48.7 Å². The number of benzene rings is 4. The molecule has 0 aliphatic heterocycles. The summed E-state index contributed by atoms with van der Waals surface area (Å²) in [4.78, 5) is 32.6. The molecule has 12 rings (SSSR count). The second-order valence-corrected chi connectivity index (χ2v) is 25.0. The highest BCUT2D eigenvalue weighted by molar-refractivity contribution is 6.36. The predicted octanol–water partition coefficient (Wildman–Crippen LogP) is 15.9. The van der Waals surface area contributed by atoms with Crippen molar-refractivity contribution >= 4 is 87.2 Å². The van der Waals surface area contributed by atoms with Crippen molar-refractivity contribution < 1.29 is 56.9 Å². The van der Waals surface area contributed by atoms with E-state index < -0.39 is 17.6 Å². The van der Waals surface area contributed by atoms with Crippen molar-refractivity contribution in [3.05, 3.63) is 159 Å². The first-order valence-corrected chi connectivity index (χ1v) is 32.6. The molecule has 0 saturated heterocycles. The Hall–Kier alpha value is -7.59. The molecule has 21 nitrogen and oxygen atoms in total. The molecule has 4 aromatic carbocycles. The molecule has 4 heterocycles. The topological polar surface area (TPSA) is 295 Å². The lowest BCUT2D eigenvalue weighted by atomic mass is 9.93. The molecule has 95 heavy (non-hydrogen) atoms. The van der Waals surface area contributed by atoms with E-state index in [1.165, 1.54) is 61.8 Å². The highest BCUT2D eigenvalue weighted by Crippen LogP contribution is 2.39. The minimum atomic E-state index is -4.38. The van der Waals surface area contributed by atoms with Crippen molar-refractivity contribution in [2.45, 2.75) is 157 Å². The highest BCUT2D eigenvalue weighted by Gasteiger charge is 2.31. The molecule has 0 atom stereocenters. The van der Waals surface area contributed by atoms with Gasteiger partial charge in [-0.25, -0.2) is 39.3 Å². The van der Waals surface area contributed by atoms with Gasteiger partial charge >= 0.3 is 6.18 Å². The van der Waals surface area contributed by atoms with Crippen molar-refractivity contribution in [2.75, 3.05) is 27.0 Å². The summed E-state index contributed by atoms with van der Waals surface area (Å²) >= 11 is 29.8. The predicted molar refractivity (Wildman–Crippen MR) is 356 cm³/mol. The van der Waals surface area contributed by atoms with Crippen LogP contribution in [0.15, 0.2) is 123 Å². The number of nitrogens with zero attached hydrogens (tertiary/aromatic N) is 8. The van der Waals surface area contributed by atoms with E-state index in [4.69, 9.17) is 82.7 Å². The van der Waals surface area contributed by atoms with Crippen molar-refractivity contribution in [3.63, 3.8) is 0 Å². The van der Waals surface area contributed by atoms with Crippen LogP contribution in [0.5, 0.6) is 46.0 Å². The van der Waals surface area contributed by atoms with Gasteiger partial charge in [0, 0.05) is 39.2 Å². The third-order valence-corrected chi connectivity index (χ3v) is 17.0. The molecule has 4 saturated carbocycles. The number of aliphatic hydroxyl groups excluding tert-OH is 4. The zero-order valence-electron chi connectivity index (χ0n) is 51.0. The van der Waals surface area contributed by atoms with E-state index in [9.17, 15) is 38.0 Å². The molecular weight excluding hydrogens is 1340 g/mol. The SMILES string of the molecule is Nc1ncc(Oc2ccc(Cl)cc2Cl)c(N[C@H]2CC[C@H](O)CC2)n1.O[C@H]1CC[C@H](Nc2ncncc2Oc2ccc(C(F)(F)F)cc2)CC1.O[C@H]1CC[C@H](Nc2ncncc2Oc2ccc(Cl)cc2Cl)CC1.O[C@H]1CC[C@H](Nc2ncncc2Oc2ccc(Cl)cc2F)CC1. The van der Waals surface area contributed by atoms with Gasteiger partial charge in [-0.15, -0.1) is 0 Å². The number of alkyl halides is 3. The third-order valence-electron chi connectivity index (χ3n) is 15.7. The summed E-state index contributed by atoms with van der Waals surface area (Å²) in [7, 11) is 0. The van der Waals surface area contributed by atoms with Crippen molar-refractivity contribution in [1.82, 2.24) is 39.9 Å². The fourth-order valence-electron chi connectivity index (χ4n) is 10.6. The number of aliphatic hydroxyl groups is 4. The first-order valence-electron chi connectivity index (χ1n) is 30.7. The Morgan fingerprint density at radius 3 is 1.11 bits per heavy atom. The van der Waals surface area contributed by atoms with E-state index in [0.717, 1.165) is 115 Å². The lowest BCUT2D eigenvalue weighted by Crippen LogP contribution is -2.28. The van der Waals surface area contributed by atoms with Crippen LogP contribution in [0.4, 0.5) is 46.8 Å². The summed E-state index contributed by atoms with van der Waals surface area (Å²) in [6, 6.07) is 19.5. The fourth-order valence-corrected chi connectivity index (χ4v) is 11.6. The lowest BCUT2D eigenvalue weighted by Gasteiger charge is -2.27. The molecule has 4 aliphatic carbocycles. The van der Waals surface area contributed by atoms with Gasteiger partial charge in [-0.3, -0.25) is 0 Å². The summed E-state index contributed by atoms with van der Waals surface area (Å²) in [5.41, 5.74) is 4.96. The summed E-state index contributed by atoms with van der Waals surface area (Å²) < 4.78 is 74.6. The summed E-state index contributed by atoms with van der Waals surface area (Å²) in [6.45, 7) is 0. The molecule has 0 unspecified atom stereocenters. The number of anilines is 5. The Morgan fingerprint density at radius 2 is 0.737 bits per heavy atom. The lowest BCUT2D eigenvalue weighted by molar-refractivity contribution is -0.137. The molecule has 8 aromatic rings. The monoisotopic (exact) mass is 1410 g/mol. The number of hydrogen-bond acceptors (Lipinski definition) is 21. The summed E-state index contributed by atoms with van der Waals surface area (Å²) in [5.74, 6) is 4.63. The Bertz CT molecular complexity index is 3620. The number of ether oxygens (including phenoxy) is 4. The number of nitrogens with one attached hydrogen (secondary N) is 4. The van der Waals surface area contributed by atoms with Crippen LogP contribution in [-0.4, -0.2) is 109 Å². The largest absolute Gasteiger partial charge is 0.452 e. The minimum absolute atomic E-state index is 0.0614. The van der Waals surface area contributed by atoms with Crippen molar-refractivity contribution in [3.8, 4) is 46.0 Å². The standard InChI is InChI=1S/C17H18F3N3O2.C16H18Cl2N4O2.C16H17Cl2N3O2.C16H17ClFN3O2/c18-17(19,20)11-1-7-14(8-2-11)25-15-9-21-10-22-16(15)23-12-3-5-13(24)6-4-12;17-9-1-6-13(12(18)7-9)24-14-8-20-16(19)22-15(14)21-10-2-4-11(23)5-3-10;2*17-10-1-6-14(13(18)7-10)23-15-8-19-9-20-16(15)21-11-2-4-12(22)5-3-11/h1-2,7-10,12-13,24H,3-6H2,(H,21,22,23);1,6-8,10-11,23H,2-5H2,(H3,19,20,21,22);2*1,6-9,11-12,22H,2-5H2,(H,19,20,21)/t12-,13-;10-,11-;2*11-,12-. The van der Waals surface area contributed by atoms with E-state index >= 15 is 0 Å². The normalized spacial score (nSPS) is 20.9. The number of halogens is 9. The van der Waals surface area contributed by atoms with Crippen LogP contribution in [0.2, 0.25) is 25.1 Å². The summed E-state index contributed by atoms with van der Waals surface area (Å²) in [6.07, 6.45) is 17.9. The average molecular weight is 1410 g/mol. The first-order chi connectivity index (χ1) is 45.7. The van der Waals surface area contributed by atoms with E-state index in [-0.39, 0.29) is 66.0 Å². The number of aromatic nitrogens is 8. The van der Waals surface area contributed by atoms with Gasteiger partial charge in [0.1, 0.15) is 36.2 Å². The maximum Gasteiger partial charge on any atom is 0.416 e. The van der Waals surface area contributed by atoms with Crippen LogP contribution in [0.3, 0.4) is 0 Å². The first kappa shape index (κ1) is 71.7. The van der Waals surface area contributed by atoms with Gasteiger partial charge in [0.05, 0.1) is 64.8 Å². The van der Waals surface area contributed by atoms with Gasteiger partial charge in [0.15, 0.2) is 57.8 Å². The number of hydrogen-bond donors (Lipinski definition) is 9. The van der Waals surface area contributed by atoms with E-state index in [2.05, 4.69) is 61.1 Å². The Morgan fingerprint density at radius 1 is 0.400 bits per heavy atom. The molecule has 10 N–H and O–H groups in total. The molecule has 506 valence electrons. The molecule has 4 aliphatic rings. The van der Waals surface area contributed by atoms with Crippen LogP contribution < -0.4 is 45.9 Å². The highest BCUT2D eigenvalue weighted by atomic mass is 35.5. The Kier molecular flexibility index (Phi) is 26.3. The average Bonchev–Trinajstić information content (AvgIpc) is 0.915. The molecule has 0 spiro atoms. The number of nitrogen functional groups attached to an aromatic ring is 1. The van der Waals surface area contributed by atoms with Crippen LogP contribution in [-0.2, 0) is 6.18 Å². The van der Waals surface area contributed by atoms with Gasteiger partial charge in [-0.05, 0) is 182 Å². The Labute approximate surface area is 570 Å². The molecule has 4 aromatic heterocycles. The smallest absolute Gasteiger partial charge is 0.416 e. The third kappa shape index (κ3) is 22.5. The maximum absolute atomic E-state index is 13.9. The Balaban J connectivity index is 0.000000149. The molecular formula is C65H70Cl5F4N13O8. The van der Waals surface area contributed by atoms with Gasteiger partial charge in [-0.2, -0.15) is 18.2 Å². The molecule has 0 amide bonds. The number of nitrogens with two attached hydrogens (primary N) is 1. The summed E-state index contributed by atoms with van der Waals surface area (Å²) in [5, 5.41) is 53.8. The van der Waals surface area contributed by atoms with Gasteiger partial charge in [0.2, 0.25) is 5.95 Å². The van der Waals surface area contributed by atoms with Crippen molar-refractivity contribution in [1.29, 1.82) is 0 Å². The number of rotatable bonds is 16. The van der Waals surface area contributed by atoms with E-state index in [1.807, 2.05) is 0 Å². The van der Waals surface area contributed by atoms with Gasteiger partial charge < -0.3 is 66.4 Å². The second-order valence-electron chi connectivity index (χ2n) is 22.9. The zero-order valence-corrected chi connectivity index (χ0v) is 54.7. The van der Waals surface area contributed by atoms with Crippen LogP contribution >= 0.6 is 58.0 Å². The zero-order chi connectivity index (χ0) is 67.4. The molecule has 4 fully saturated rings. The molecule has 0 bridgehead atoms. The van der Waals surface area contributed by atoms with Gasteiger partial charge in [0.25, 0.3) is 0 Å². The van der Waals surface area contributed by atoms with Crippen LogP contribution in [0.25, 0.3) is 0 Å².